The molecule has 0 aliphatic heterocycles. The highest BCUT2D eigenvalue weighted by atomic mass is 16.5. The van der Waals surface area contributed by atoms with Crippen LogP contribution in [0.5, 0.6) is 11.5 Å². The van der Waals surface area contributed by atoms with Crippen molar-refractivity contribution in [3.8, 4) is 22.6 Å². The van der Waals surface area contributed by atoms with Crippen molar-refractivity contribution in [3.63, 3.8) is 0 Å². The SMILES string of the molecule is COc1cc(NC(=O)OCC2c3ccccc3-c3ccccc32)c(OC)cc1CC(=O)O. The number of ether oxygens (including phenoxy) is 3. The van der Waals surface area contributed by atoms with Crippen LogP contribution in [0, 0.1) is 0 Å². The molecule has 4 rings (SSSR count). The molecule has 0 fully saturated rings. The Labute approximate surface area is 185 Å². The Morgan fingerprint density at radius 2 is 1.50 bits per heavy atom. The molecule has 7 nitrogen and oxygen atoms in total. The Kier molecular flexibility index (Phi) is 5.98. The number of rotatable bonds is 7. The second-order valence-corrected chi connectivity index (χ2v) is 7.39. The number of aliphatic carboxylic acids is 1. The van der Waals surface area contributed by atoms with Crippen LogP contribution in [-0.4, -0.2) is 38.0 Å². The molecule has 0 saturated heterocycles. The van der Waals surface area contributed by atoms with E-state index in [1.54, 1.807) is 0 Å². The minimum atomic E-state index is -0.998. The predicted octanol–water partition coefficient (Wildman–Crippen LogP) is 4.69. The van der Waals surface area contributed by atoms with Crippen molar-refractivity contribution in [2.45, 2.75) is 12.3 Å². The van der Waals surface area contributed by atoms with Crippen LogP contribution in [0.1, 0.15) is 22.6 Å². The first-order valence-electron chi connectivity index (χ1n) is 10.1. The van der Waals surface area contributed by atoms with E-state index < -0.39 is 12.1 Å². The molecule has 1 amide bonds. The Morgan fingerprint density at radius 3 is 2.06 bits per heavy atom. The summed E-state index contributed by atoms with van der Waals surface area (Å²) in [5, 5.41) is 11.8. The number of amides is 1. The van der Waals surface area contributed by atoms with E-state index in [-0.39, 0.29) is 18.9 Å². The molecular weight excluding hydrogens is 410 g/mol. The number of hydrogen-bond acceptors (Lipinski definition) is 5. The largest absolute Gasteiger partial charge is 0.496 e. The van der Waals surface area contributed by atoms with E-state index in [1.165, 1.54) is 26.4 Å². The minimum Gasteiger partial charge on any atom is -0.496 e. The second kappa shape index (κ2) is 9.01. The van der Waals surface area contributed by atoms with Crippen LogP contribution in [0.2, 0.25) is 0 Å². The van der Waals surface area contributed by atoms with Gasteiger partial charge in [-0.25, -0.2) is 4.79 Å². The van der Waals surface area contributed by atoms with Crippen LogP contribution in [0.25, 0.3) is 11.1 Å². The topological polar surface area (TPSA) is 94.1 Å². The first-order valence-corrected chi connectivity index (χ1v) is 10.1. The van der Waals surface area contributed by atoms with Gasteiger partial charge in [-0.3, -0.25) is 10.1 Å². The number of methoxy groups -OCH3 is 2. The van der Waals surface area contributed by atoms with Crippen molar-refractivity contribution in [2.24, 2.45) is 0 Å². The standard InChI is InChI=1S/C25H23NO6/c1-30-22-13-21(23(31-2)11-15(22)12-24(27)28)26-25(29)32-14-20-18-9-5-3-7-16(18)17-8-4-6-10-19(17)20/h3-11,13,20H,12,14H2,1-2H3,(H,26,29)(H,27,28). The van der Waals surface area contributed by atoms with Crippen molar-refractivity contribution < 1.29 is 28.9 Å². The first kappa shape index (κ1) is 21.2. The Hall–Kier alpha value is -4.00. The van der Waals surface area contributed by atoms with Crippen LogP contribution in [0.3, 0.4) is 0 Å². The summed E-state index contributed by atoms with van der Waals surface area (Å²) in [6.07, 6.45) is -0.872. The first-order chi connectivity index (χ1) is 15.5. The quantitative estimate of drug-likeness (QED) is 0.561. The molecule has 0 unspecified atom stereocenters. The maximum atomic E-state index is 12.6. The lowest BCUT2D eigenvalue weighted by Gasteiger charge is -2.17. The van der Waals surface area contributed by atoms with Crippen LogP contribution in [0.4, 0.5) is 10.5 Å². The van der Waals surface area contributed by atoms with E-state index in [9.17, 15) is 9.59 Å². The highest BCUT2D eigenvalue weighted by Gasteiger charge is 2.29. The summed E-state index contributed by atoms with van der Waals surface area (Å²) < 4.78 is 16.2. The molecule has 0 atom stereocenters. The summed E-state index contributed by atoms with van der Waals surface area (Å²) >= 11 is 0. The van der Waals surface area contributed by atoms with E-state index in [4.69, 9.17) is 19.3 Å². The lowest BCUT2D eigenvalue weighted by Crippen LogP contribution is -2.18. The average Bonchev–Trinajstić information content (AvgIpc) is 3.11. The minimum absolute atomic E-state index is 0.0532. The molecule has 0 bridgehead atoms. The Balaban J connectivity index is 1.51. The van der Waals surface area contributed by atoms with Crippen LogP contribution >= 0.6 is 0 Å². The van der Waals surface area contributed by atoms with Crippen molar-refractivity contribution >= 4 is 17.7 Å². The zero-order valence-corrected chi connectivity index (χ0v) is 17.8. The molecule has 3 aromatic carbocycles. The Bertz CT molecular complexity index is 1130. The van der Waals surface area contributed by atoms with Crippen molar-refractivity contribution in [2.75, 3.05) is 26.1 Å². The summed E-state index contributed by atoms with van der Waals surface area (Å²) in [5.41, 5.74) is 5.32. The molecule has 1 aliphatic rings. The van der Waals surface area contributed by atoms with E-state index in [0.29, 0.717) is 22.7 Å². The van der Waals surface area contributed by atoms with Gasteiger partial charge in [-0.1, -0.05) is 48.5 Å². The predicted molar refractivity (Wildman–Crippen MR) is 120 cm³/mol. The van der Waals surface area contributed by atoms with E-state index >= 15 is 0 Å². The van der Waals surface area contributed by atoms with Crippen molar-refractivity contribution in [1.29, 1.82) is 0 Å². The summed E-state index contributed by atoms with van der Waals surface area (Å²) in [7, 11) is 2.87. The molecular formula is C25H23NO6. The van der Waals surface area contributed by atoms with Gasteiger partial charge in [0.25, 0.3) is 0 Å². The number of carbonyl (C=O) groups is 2. The van der Waals surface area contributed by atoms with Crippen molar-refractivity contribution in [1.82, 2.24) is 0 Å². The van der Waals surface area contributed by atoms with Crippen LogP contribution in [-0.2, 0) is 16.0 Å². The lowest BCUT2D eigenvalue weighted by molar-refractivity contribution is -0.136. The van der Waals surface area contributed by atoms with Gasteiger partial charge in [0.1, 0.15) is 18.1 Å². The third-order valence-electron chi connectivity index (χ3n) is 5.52. The number of nitrogens with one attached hydrogen (secondary N) is 1. The Morgan fingerprint density at radius 1 is 0.906 bits per heavy atom. The number of carboxylic acids is 1. The second-order valence-electron chi connectivity index (χ2n) is 7.39. The number of carbonyl (C=O) groups excluding carboxylic acids is 1. The highest BCUT2D eigenvalue weighted by molar-refractivity contribution is 5.88. The van der Waals surface area contributed by atoms with Gasteiger partial charge in [0.05, 0.1) is 26.3 Å². The van der Waals surface area contributed by atoms with Gasteiger partial charge < -0.3 is 19.3 Å². The summed E-state index contributed by atoms with van der Waals surface area (Å²) in [5.74, 6) is -0.400. The summed E-state index contributed by atoms with van der Waals surface area (Å²) in [6, 6.07) is 19.3. The molecule has 0 heterocycles. The van der Waals surface area contributed by atoms with Gasteiger partial charge in [-0.2, -0.15) is 0 Å². The normalized spacial score (nSPS) is 11.9. The van der Waals surface area contributed by atoms with Gasteiger partial charge >= 0.3 is 12.1 Å². The lowest BCUT2D eigenvalue weighted by atomic mass is 9.98. The number of benzene rings is 3. The van der Waals surface area contributed by atoms with E-state index in [1.807, 2.05) is 24.3 Å². The zero-order chi connectivity index (χ0) is 22.7. The molecule has 0 spiro atoms. The molecule has 164 valence electrons. The van der Waals surface area contributed by atoms with Gasteiger partial charge in [0.15, 0.2) is 0 Å². The fourth-order valence-electron chi connectivity index (χ4n) is 4.10. The van der Waals surface area contributed by atoms with Gasteiger partial charge in [0, 0.05) is 17.5 Å². The van der Waals surface area contributed by atoms with E-state index in [0.717, 1.165) is 22.3 Å². The number of anilines is 1. The monoisotopic (exact) mass is 433 g/mol. The zero-order valence-electron chi connectivity index (χ0n) is 17.8. The fourth-order valence-corrected chi connectivity index (χ4v) is 4.10. The third-order valence-corrected chi connectivity index (χ3v) is 5.52. The molecule has 0 radical (unpaired) electrons. The molecule has 7 heteroatoms. The molecule has 0 saturated carbocycles. The molecule has 1 aliphatic carbocycles. The average molecular weight is 433 g/mol. The van der Waals surface area contributed by atoms with Crippen molar-refractivity contribution in [3.05, 3.63) is 77.4 Å². The maximum absolute atomic E-state index is 12.6. The molecule has 0 aromatic heterocycles. The van der Waals surface area contributed by atoms with E-state index in [2.05, 4.69) is 29.6 Å². The van der Waals surface area contributed by atoms with Gasteiger partial charge in [-0.05, 0) is 28.3 Å². The summed E-state index contributed by atoms with van der Waals surface area (Å²) in [6.45, 7) is 0.177. The smallest absolute Gasteiger partial charge is 0.411 e. The molecule has 2 N–H and O–H groups in total. The number of fused-ring (bicyclic) bond motifs is 3. The van der Waals surface area contributed by atoms with Gasteiger partial charge in [0.2, 0.25) is 0 Å². The van der Waals surface area contributed by atoms with Crippen LogP contribution < -0.4 is 14.8 Å². The number of carboxylic acid groups (broad SMARTS) is 1. The highest BCUT2D eigenvalue weighted by Crippen LogP contribution is 2.44. The molecule has 32 heavy (non-hydrogen) atoms. The van der Waals surface area contributed by atoms with Crippen LogP contribution in [0.15, 0.2) is 60.7 Å². The molecule has 3 aromatic rings. The third kappa shape index (κ3) is 4.09. The fraction of sp³-hybridized carbons (Fsp3) is 0.200. The summed E-state index contributed by atoms with van der Waals surface area (Å²) in [4.78, 5) is 23.7. The maximum Gasteiger partial charge on any atom is 0.411 e. The van der Waals surface area contributed by atoms with Gasteiger partial charge in [-0.15, -0.1) is 0 Å². The number of hydrogen-bond donors (Lipinski definition) is 2.